The molecule has 19 heavy (non-hydrogen) atoms. The van der Waals surface area contributed by atoms with E-state index in [1.54, 1.807) is 20.8 Å². The number of rotatable bonds is 4. The molecule has 0 aliphatic carbocycles. The maximum atomic E-state index is 11.5. The lowest BCUT2D eigenvalue weighted by atomic mass is 10.1. The van der Waals surface area contributed by atoms with Crippen LogP contribution in [0.3, 0.4) is 0 Å². The van der Waals surface area contributed by atoms with Crippen molar-refractivity contribution in [1.82, 2.24) is 5.32 Å². The van der Waals surface area contributed by atoms with Gasteiger partial charge in [-0.1, -0.05) is 0 Å². The van der Waals surface area contributed by atoms with Gasteiger partial charge in [0.25, 0.3) is 0 Å². The molecule has 7 nitrogen and oxygen atoms in total. The van der Waals surface area contributed by atoms with E-state index in [0.29, 0.717) is 0 Å². The van der Waals surface area contributed by atoms with Crippen molar-refractivity contribution < 1.29 is 29.0 Å². The van der Waals surface area contributed by atoms with Crippen molar-refractivity contribution in [2.45, 2.75) is 38.5 Å². The Hall–Kier alpha value is -2.02. The molecule has 1 aromatic heterocycles. The number of carbonyl (C=O) groups excluding carboxylic acids is 1. The highest BCUT2D eigenvalue weighted by atomic mass is 16.6. The summed E-state index contributed by atoms with van der Waals surface area (Å²) in [5, 5.41) is 21.0. The van der Waals surface area contributed by atoms with Crippen LogP contribution in [0.5, 0.6) is 0 Å². The fourth-order valence-corrected chi connectivity index (χ4v) is 1.33. The molecule has 1 heterocycles. The normalized spacial score (nSPS) is 14.5. The summed E-state index contributed by atoms with van der Waals surface area (Å²) in [4.78, 5) is 22.6. The van der Waals surface area contributed by atoms with E-state index < -0.39 is 29.8 Å². The van der Waals surface area contributed by atoms with Gasteiger partial charge in [-0.3, -0.25) is 0 Å². The van der Waals surface area contributed by atoms with Gasteiger partial charge in [0.2, 0.25) is 0 Å². The number of carbonyl (C=O) groups is 2. The van der Waals surface area contributed by atoms with Gasteiger partial charge in [0.1, 0.15) is 17.5 Å². The fourth-order valence-electron chi connectivity index (χ4n) is 1.33. The second-order valence-corrected chi connectivity index (χ2v) is 4.92. The van der Waals surface area contributed by atoms with Crippen molar-refractivity contribution in [1.29, 1.82) is 0 Å². The zero-order valence-electron chi connectivity index (χ0n) is 10.9. The Labute approximate surface area is 110 Å². The van der Waals surface area contributed by atoms with Gasteiger partial charge in [0, 0.05) is 0 Å². The van der Waals surface area contributed by atoms with Gasteiger partial charge in [0.15, 0.2) is 6.04 Å². The van der Waals surface area contributed by atoms with Crippen LogP contribution in [0, 0.1) is 0 Å². The zero-order chi connectivity index (χ0) is 14.6. The lowest BCUT2D eigenvalue weighted by Crippen LogP contribution is -2.46. The first-order chi connectivity index (χ1) is 8.70. The summed E-state index contributed by atoms with van der Waals surface area (Å²) in [6.45, 7) is 4.93. The van der Waals surface area contributed by atoms with Crippen LogP contribution in [0.4, 0.5) is 4.79 Å². The van der Waals surface area contributed by atoms with E-state index in [0.717, 1.165) is 0 Å². The van der Waals surface area contributed by atoms with Crippen LogP contribution in [0.2, 0.25) is 0 Å². The van der Waals surface area contributed by atoms with Crippen molar-refractivity contribution in [3.05, 3.63) is 24.2 Å². The molecule has 1 rings (SSSR count). The third-order valence-corrected chi connectivity index (χ3v) is 2.09. The average Bonchev–Trinajstić information content (AvgIpc) is 2.75. The number of furan rings is 1. The van der Waals surface area contributed by atoms with E-state index in [1.807, 2.05) is 0 Å². The van der Waals surface area contributed by atoms with Crippen molar-refractivity contribution in [2.24, 2.45) is 0 Å². The molecule has 106 valence electrons. The summed E-state index contributed by atoms with van der Waals surface area (Å²) in [5.41, 5.74) is -0.761. The van der Waals surface area contributed by atoms with Crippen LogP contribution in [-0.2, 0) is 9.53 Å². The third kappa shape index (κ3) is 4.63. The third-order valence-electron chi connectivity index (χ3n) is 2.09. The summed E-state index contributed by atoms with van der Waals surface area (Å²) in [6.07, 6.45) is -1.13. The summed E-state index contributed by atoms with van der Waals surface area (Å²) < 4.78 is 9.83. The SMILES string of the molecule is CC(C)(C)OC(=O)N[C@@H](C(=O)O)[C@@H](O)c1ccco1. The number of carboxylic acids is 1. The fraction of sp³-hybridized carbons (Fsp3) is 0.500. The quantitative estimate of drug-likeness (QED) is 0.761. The Morgan fingerprint density at radius 3 is 2.47 bits per heavy atom. The Morgan fingerprint density at radius 1 is 1.42 bits per heavy atom. The highest BCUT2D eigenvalue weighted by Crippen LogP contribution is 2.18. The first kappa shape index (κ1) is 15.0. The molecule has 0 saturated heterocycles. The molecule has 0 fully saturated rings. The zero-order valence-corrected chi connectivity index (χ0v) is 10.9. The summed E-state index contributed by atoms with van der Waals surface area (Å²) in [5.74, 6) is -1.35. The van der Waals surface area contributed by atoms with E-state index in [1.165, 1.54) is 18.4 Å². The van der Waals surface area contributed by atoms with Crippen LogP contribution < -0.4 is 5.32 Å². The Morgan fingerprint density at radius 2 is 2.05 bits per heavy atom. The molecule has 0 aliphatic rings. The number of aliphatic hydroxyl groups is 1. The number of alkyl carbamates (subject to hydrolysis) is 1. The van der Waals surface area contributed by atoms with E-state index in [2.05, 4.69) is 5.32 Å². The van der Waals surface area contributed by atoms with Crippen molar-refractivity contribution >= 4 is 12.1 Å². The minimum atomic E-state index is -1.55. The Kier molecular flexibility index (Phi) is 4.55. The van der Waals surface area contributed by atoms with Gasteiger partial charge >= 0.3 is 12.1 Å². The van der Waals surface area contributed by atoms with Gasteiger partial charge in [-0.05, 0) is 32.9 Å². The molecular formula is C12H17NO6. The van der Waals surface area contributed by atoms with Crippen molar-refractivity contribution in [3.8, 4) is 0 Å². The van der Waals surface area contributed by atoms with Crippen LogP contribution >= 0.6 is 0 Å². The molecule has 0 aliphatic heterocycles. The minimum Gasteiger partial charge on any atom is -0.480 e. The number of hydrogen-bond donors (Lipinski definition) is 3. The monoisotopic (exact) mass is 271 g/mol. The van der Waals surface area contributed by atoms with Crippen molar-refractivity contribution in [3.63, 3.8) is 0 Å². The van der Waals surface area contributed by atoms with Gasteiger partial charge in [-0.2, -0.15) is 0 Å². The summed E-state index contributed by atoms with van der Waals surface area (Å²) >= 11 is 0. The van der Waals surface area contributed by atoms with E-state index in [9.17, 15) is 14.7 Å². The number of carboxylic acid groups (broad SMARTS) is 1. The van der Waals surface area contributed by atoms with Crippen LogP contribution in [-0.4, -0.2) is 33.9 Å². The van der Waals surface area contributed by atoms with Gasteiger partial charge in [0.05, 0.1) is 6.26 Å². The lowest BCUT2D eigenvalue weighted by Gasteiger charge is -2.23. The molecular weight excluding hydrogens is 254 g/mol. The number of nitrogens with one attached hydrogen (secondary N) is 1. The maximum Gasteiger partial charge on any atom is 0.408 e. The predicted molar refractivity (Wildman–Crippen MR) is 64.5 cm³/mol. The molecule has 0 aromatic carbocycles. The Balaban J connectivity index is 2.74. The maximum absolute atomic E-state index is 11.5. The topological polar surface area (TPSA) is 109 Å². The molecule has 0 spiro atoms. The van der Waals surface area contributed by atoms with E-state index in [-0.39, 0.29) is 5.76 Å². The molecule has 1 amide bonds. The highest BCUT2D eigenvalue weighted by molar-refractivity contribution is 5.80. The van der Waals surface area contributed by atoms with E-state index in [4.69, 9.17) is 14.3 Å². The molecule has 0 radical (unpaired) electrons. The molecule has 1 aromatic rings. The largest absolute Gasteiger partial charge is 0.480 e. The molecule has 3 N–H and O–H groups in total. The number of aliphatic carboxylic acids is 1. The number of hydrogen-bond acceptors (Lipinski definition) is 5. The summed E-state index contributed by atoms with van der Waals surface area (Å²) in [7, 11) is 0. The standard InChI is InChI=1S/C12H17NO6/c1-12(2,3)19-11(17)13-8(10(15)16)9(14)7-5-4-6-18-7/h4-6,8-9,14H,1-3H3,(H,13,17)(H,15,16)/t8-,9+/m1/s1. The number of ether oxygens (including phenoxy) is 1. The van der Waals surface area contributed by atoms with Crippen LogP contribution in [0.25, 0.3) is 0 Å². The van der Waals surface area contributed by atoms with E-state index >= 15 is 0 Å². The van der Waals surface area contributed by atoms with Gasteiger partial charge in [-0.15, -0.1) is 0 Å². The molecule has 0 saturated carbocycles. The van der Waals surface area contributed by atoms with Gasteiger partial charge < -0.3 is 24.7 Å². The van der Waals surface area contributed by atoms with Crippen LogP contribution in [0.15, 0.2) is 22.8 Å². The number of amides is 1. The number of aliphatic hydroxyl groups excluding tert-OH is 1. The smallest absolute Gasteiger partial charge is 0.408 e. The van der Waals surface area contributed by atoms with Crippen LogP contribution in [0.1, 0.15) is 32.6 Å². The molecule has 7 heteroatoms. The minimum absolute atomic E-state index is 0.0449. The second-order valence-electron chi connectivity index (χ2n) is 4.92. The van der Waals surface area contributed by atoms with Crippen molar-refractivity contribution in [2.75, 3.05) is 0 Å². The first-order valence-corrected chi connectivity index (χ1v) is 5.64. The highest BCUT2D eigenvalue weighted by Gasteiger charge is 2.32. The Bertz CT molecular complexity index is 434. The molecule has 0 unspecified atom stereocenters. The van der Waals surface area contributed by atoms with Gasteiger partial charge in [-0.25, -0.2) is 9.59 Å². The molecule has 0 bridgehead atoms. The second kappa shape index (κ2) is 5.75. The summed E-state index contributed by atoms with van der Waals surface area (Å²) in [6, 6.07) is 1.36. The predicted octanol–water partition coefficient (Wildman–Crippen LogP) is 1.29. The molecule has 2 atom stereocenters. The average molecular weight is 271 g/mol. The first-order valence-electron chi connectivity index (χ1n) is 5.64. The lowest BCUT2D eigenvalue weighted by molar-refractivity contribution is -0.143.